The lowest BCUT2D eigenvalue weighted by molar-refractivity contribution is -0.113. The van der Waals surface area contributed by atoms with E-state index in [1.807, 2.05) is 48.7 Å². The Morgan fingerprint density at radius 1 is 1.00 bits per heavy atom. The first-order valence-corrected chi connectivity index (χ1v) is 15.5. The smallest absolute Gasteiger partial charge is 0.341 e. The Labute approximate surface area is 242 Å². The van der Waals surface area contributed by atoms with Gasteiger partial charge in [-0.1, -0.05) is 42.8 Å². The van der Waals surface area contributed by atoms with Crippen LogP contribution in [-0.2, 0) is 28.9 Å². The van der Waals surface area contributed by atoms with Gasteiger partial charge in [-0.05, 0) is 56.4 Å². The van der Waals surface area contributed by atoms with Crippen LogP contribution < -0.4 is 10.6 Å². The van der Waals surface area contributed by atoms with Crippen molar-refractivity contribution in [3.63, 3.8) is 0 Å². The summed E-state index contributed by atoms with van der Waals surface area (Å²) in [5.74, 6) is -0.397. The molecule has 0 fully saturated rings. The fourth-order valence-corrected chi connectivity index (χ4v) is 7.23. The number of ether oxygens (including phenoxy) is 1. The lowest BCUT2D eigenvalue weighted by Gasteiger charge is -2.08. The van der Waals surface area contributed by atoms with E-state index in [0.29, 0.717) is 35.8 Å². The summed E-state index contributed by atoms with van der Waals surface area (Å²) in [6.07, 6.45) is 7.10. The van der Waals surface area contributed by atoms with E-state index in [9.17, 15) is 14.4 Å². The number of thiophene rings is 1. The monoisotopic (exact) mass is 575 g/mol. The summed E-state index contributed by atoms with van der Waals surface area (Å²) in [5, 5.41) is 7.66. The van der Waals surface area contributed by atoms with Crippen LogP contribution >= 0.6 is 23.1 Å². The van der Waals surface area contributed by atoms with E-state index in [0.717, 1.165) is 53.5 Å². The number of rotatable bonds is 10. The number of amides is 2. The highest BCUT2D eigenvalue weighted by atomic mass is 32.2. The van der Waals surface area contributed by atoms with Gasteiger partial charge >= 0.3 is 5.97 Å². The fraction of sp³-hybridized carbons (Fsp3) is 0.323. The summed E-state index contributed by atoms with van der Waals surface area (Å²) in [4.78, 5) is 40.5. The van der Waals surface area contributed by atoms with Crippen LogP contribution in [0.1, 0.15) is 57.3 Å². The number of hydrogen-bond acceptors (Lipinski definition) is 6. The Hall–Kier alpha value is -3.56. The van der Waals surface area contributed by atoms with Gasteiger partial charge in [0.25, 0.3) is 5.91 Å². The van der Waals surface area contributed by atoms with Crippen molar-refractivity contribution >= 4 is 56.8 Å². The van der Waals surface area contributed by atoms with E-state index in [1.165, 1.54) is 28.0 Å². The lowest BCUT2D eigenvalue weighted by Crippen LogP contribution is -2.26. The third kappa shape index (κ3) is 6.42. The Morgan fingerprint density at radius 3 is 2.60 bits per heavy atom. The normalized spacial score (nSPS) is 12.9. The molecule has 2 heterocycles. The van der Waals surface area contributed by atoms with Gasteiger partial charge < -0.3 is 19.9 Å². The van der Waals surface area contributed by atoms with Crippen LogP contribution in [0.4, 0.5) is 5.00 Å². The minimum Gasteiger partial charge on any atom is -0.462 e. The van der Waals surface area contributed by atoms with E-state index >= 15 is 0 Å². The lowest BCUT2D eigenvalue weighted by atomic mass is 10.1. The molecule has 7 nitrogen and oxygen atoms in total. The molecule has 9 heteroatoms. The summed E-state index contributed by atoms with van der Waals surface area (Å²) in [6.45, 7) is 3.18. The Balaban J connectivity index is 1.25. The molecule has 208 valence electrons. The number of carbonyl (C=O) groups is 3. The van der Waals surface area contributed by atoms with Crippen molar-refractivity contribution in [2.24, 2.45) is 0 Å². The summed E-state index contributed by atoms with van der Waals surface area (Å²) in [5.41, 5.74) is 3.27. The molecule has 0 bridgehead atoms. The molecule has 5 rings (SSSR count). The molecule has 0 saturated carbocycles. The number of hydrogen-bond donors (Lipinski definition) is 2. The standard InChI is InChI=1S/C31H33N3O4S2/c1-2-38-31(37)28-23-14-7-4-8-16-25(23)40-30(28)33-27(35)20-39-26-19-34(24-15-10-9-13-22(24)26)18-17-32-29(36)21-11-5-3-6-12-21/h3,5-6,9-13,15,19H,2,4,7-8,14,16-18,20H2,1H3,(H,32,36)(H,33,35). The molecular weight excluding hydrogens is 542 g/mol. The molecule has 0 unspecified atom stereocenters. The first-order valence-electron chi connectivity index (χ1n) is 13.7. The molecule has 0 aliphatic heterocycles. The van der Waals surface area contributed by atoms with Gasteiger partial charge in [-0.15, -0.1) is 23.1 Å². The van der Waals surface area contributed by atoms with Gasteiger partial charge in [0.05, 0.1) is 17.9 Å². The van der Waals surface area contributed by atoms with Gasteiger partial charge in [0.2, 0.25) is 5.91 Å². The molecule has 0 radical (unpaired) electrons. The molecule has 40 heavy (non-hydrogen) atoms. The number of thioether (sulfide) groups is 1. The predicted octanol–water partition coefficient (Wildman–Crippen LogP) is 6.31. The number of aryl methyl sites for hydroxylation is 1. The maximum absolute atomic E-state index is 13.1. The van der Waals surface area contributed by atoms with E-state index in [1.54, 1.807) is 19.1 Å². The molecule has 0 atom stereocenters. The average Bonchev–Trinajstić information content (AvgIpc) is 3.40. The highest BCUT2D eigenvalue weighted by Gasteiger charge is 2.26. The highest BCUT2D eigenvalue weighted by molar-refractivity contribution is 8.00. The van der Waals surface area contributed by atoms with Crippen molar-refractivity contribution in [1.82, 2.24) is 9.88 Å². The zero-order valence-corrected chi connectivity index (χ0v) is 24.2. The summed E-state index contributed by atoms with van der Waals surface area (Å²) >= 11 is 2.98. The number of benzene rings is 2. The Morgan fingerprint density at radius 2 is 1.77 bits per heavy atom. The largest absolute Gasteiger partial charge is 0.462 e. The minimum absolute atomic E-state index is 0.101. The minimum atomic E-state index is -0.354. The zero-order chi connectivity index (χ0) is 27.9. The van der Waals surface area contributed by atoms with E-state index < -0.39 is 0 Å². The van der Waals surface area contributed by atoms with Crippen LogP contribution in [0.25, 0.3) is 10.9 Å². The SMILES string of the molecule is CCOC(=O)c1c(NC(=O)CSc2cn(CCNC(=O)c3ccccc3)c3ccccc23)sc2c1CCCCC2. The van der Waals surface area contributed by atoms with Gasteiger partial charge in [-0.2, -0.15) is 0 Å². The number of anilines is 1. The second-order valence-corrected chi connectivity index (χ2v) is 11.8. The fourth-order valence-electron chi connectivity index (χ4n) is 5.05. The van der Waals surface area contributed by atoms with E-state index in [-0.39, 0.29) is 23.5 Å². The van der Waals surface area contributed by atoms with Crippen molar-refractivity contribution in [2.75, 3.05) is 24.2 Å². The molecule has 2 amide bonds. The van der Waals surface area contributed by atoms with Gasteiger partial charge in [0, 0.05) is 45.5 Å². The summed E-state index contributed by atoms with van der Waals surface area (Å²) < 4.78 is 7.46. The number of nitrogens with zero attached hydrogens (tertiary/aromatic N) is 1. The van der Waals surface area contributed by atoms with Crippen molar-refractivity contribution in [2.45, 2.75) is 50.5 Å². The first kappa shape index (κ1) is 28.0. The topological polar surface area (TPSA) is 89.4 Å². The summed E-state index contributed by atoms with van der Waals surface area (Å²) in [6, 6.07) is 17.2. The third-order valence-electron chi connectivity index (χ3n) is 6.94. The Bertz CT molecular complexity index is 1510. The predicted molar refractivity (Wildman–Crippen MR) is 162 cm³/mol. The van der Waals surface area contributed by atoms with E-state index in [4.69, 9.17) is 4.74 Å². The molecular formula is C31H33N3O4S2. The molecule has 1 aliphatic rings. The highest BCUT2D eigenvalue weighted by Crippen LogP contribution is 2.38. The number of carbonyl (C=O) groups excluding carboxylic acids is 3. The second-order valence-electron chi connectivity index (χ2n) is 9.65. The van der Waals surface area contributed by atoms with Gasteiger partial charge in [-0.25, -0.2) is 4.79 Å². The van der Waals surface area contributed by atoms with Crippen LogP contribution in [0.15, 0.2) is 65.7 Å². The molecule has 4 aromatic rings. The number of fused-ring (bicyclic) bond motifs is 2. The van der Waals surface area contributed by atoms with Crippen molar-refractivity contribution in [3.05, 3.63) is 82.4 Å². The zero-order valence-electron chi connectivity index (χ0n) is 22.5. The molecule has 2 aromatic heterocycles. The molecule has 0 spiro atoms. The Kier molecular flexibility index (Phi) is 9.23. The van der Waals surface area contributed by atoms with Crippen molar-refractivity contribution in [3.8, 4) is 0 Å². The molecule has 1 aliphatic carbocycles. The first-order chi connectivity index (χ1) is 19.5. The molecule has 2 aromatic carbocycles. The van der Waals surface area contributed by atoms with Crippen molar-refractivity contribution in [1.29, 1.82) is 0 Å². The van der Waals surface area contributed by atoms with Gasteiger partial charge in [0.1, 0.15) is 5.00 Å². The molecule has 2 N–H and O–H groups in total. The molecule has 0 saturated heterocycles. The van der Waals surface area contributed by atoms with Crippen LogP contribution in [0.3, 0.4) is 0 Å². The van der Waals surface area contributed by atoms with Crippen LogP contribution in [-0.4, -0.2) is 41.3 Å². The van der Waals surface area contributed by atoms with E-state index in [2.05, 4.69) is 15.2 Å². The van der Waals surface area contributed by atoms with Gasteiger partial charge in [0.15, 0.2) is 0 Å². The number of nitrogens with one attached hydrogen (secondary N) is 2. The second kappa shape index (κ2) is 13.2. The average molecular weight is 576 g/mol. The third-order valence-corrected chi connectivity index (χ3v) is 9.19. The summed E-state index contributed by atoms with van der Waals surface area (Å²) in [7, 11) is 0. The van der Waals surface area contributed by atoms with Gasteiger partial charge in [-0.3, -0.25) is 9.59 Å². The number of aromatic nitrogens is 1. The quantitative estimate of drug-likeness (QED) is 0.131. The van der Waals surface area contributed by atoms with Crippen molar-refractivity contribution < 1.29 is 19.1 Å². The van der Waals surface area contributed by atoms with Crippen LogP contribution in [0, 0.1) is 0 Å². The maximum Gasteiger partial charge on any atom is 0.341 e. The van der Waals surface area contributed by atoms with Crippen LogP contribution in [0.2, 0.25) is 0 Å². The maximum atomic E-state index is 13.1. The number of esters is 1. The number of para-hydroxylation sites is 1. The van der Waals surface area contributed by atoms with Crippen LogP contribution in [0.5, 0.6) is 0 Å².